The van der Waals surface area contributed by atoms with E-state index in [1.165, 1.54) is 49.8 Å². The molecule has 2 aliphatic rings. The van der Waals surface area contributed by atoms with Gasteiger partial charge in [-0.1, -0.05) is 37.6 Å². The van der Waals surface area contributed by atoms with Gasteiger partial charge in [0.05, 0.1) is 0 Å². The first-order chi connectivity index (χ1) is 13.6. The van der Waals surface area contributed by atoms with Gasteiger partial charge in [0.25, 0.3) is 0 Å². The zero-order chi connectivity index (χ0) is 19.5. The molecule has 144 valence electrons. The summed E-state index contributed by atoms with van der Waals surface area (Å²) in [4.78, 5) is 16.5. The molecule has 1 fully saturated rings. The predicted molar refractivity (Wildman–Crippen MR) is 108 cm³/mol. The maximum Gasteiger partial charge on any atom is 0.363 e. The molecule has 0 saturated heterocycles. The lowest BCUT2D eigenvalue weighted by atomic mass is 9.78. The van der Waals surface area contributed by atoms with Crippen LogP contribution in [0, 0.1) is 11.7 Å². The molecule has 28 heavy (non-hydrogen) atoms. The third-order valence-electron chi connectivity index (χ3n) is 5.85. The molecule has 0 atom stereocenters. The highest BCUT2D eigenvalue weighted by Gasteiger charge is 2.25. The number of ether oxygens (including phenoxy) is 1. The molecule has 0 spiro atoms. The average molecular weight is 377 g/mol. The highest BCUT2D eigenvalue weighted by molar-refractivity contribution is 6.12. The molecule has 0 unspecified atom stereocenters. The minimum atomic E-state index is -0.485. The van der Waals surface area contributed by atoms with Crippen molar-refractivity contribution in [2.75, 3.05) is 0 Å². The van der Waals surface area contributed by atoms with Crippen LogP contribution in [-0.2, 0) is 9.53 Å². The number of carbonyl (C=O) groups excluding carboxylic acids is 1. The lowest BCUT2D eigenvalue weighted by Crippen LogP contribution is -2.13. The van der Waals surface area contributed by atoms with Gasteiger partial charge in [0, 0.05) is 5.56 Å². The van der Waals surface area contributed by atoms with Crippen molar-refractivity contribution < 1.29 is 13.9 Å². The molecular formula is C24H24FNO2. The predicted octanol–water partition coefficient (Wildman–Crippen LogP) is 5.85. The average Bonchev–Trinajstić information content (AvgIpc) is 3.10. The fourth-order valence-corrected chi connectivity index (χ4v) is 4.05. The summed E-state index contributed by atoms with van der Waals surface area (Å²) in [5.41, 5.74) is 3.08. The SMILES string of the molecule is CCC1CCC(c2ccc(C3=N/C(=C/c4ccc(F)cc4)C(=O)O3)cc2)CC1. The van der Waals surface area contributed by atoms with Crippen LogP contribution in [0.3, 0.4) is 0 Å². The molecule has 0 amide bonds. The number of benzene rings is 2. The molecule has 0 radical (unpaired) electrons. The van der Waals surface area contributed by atoms with E-state index in [0.717, 1.165) is 11.5 Å². The second kappa shape index (κ2) is 8.09. The van der Waals surface area contributed by atoms with Gasteiger partial charge in [0.2, 0.25) is 5.90 Å². The van der Waals surface area contributed by atoms with Gasteiger partial charge >= 0.3 is 5.97 Å². The summed E-state index contributed by atoms with van der Waals surface area (Å²) in [6.45, 7) is 2.28. The number of cyclic esters (lactones) is 1. The number of esters is 1. The first kappa shape index (κ1) is 18.6. The number of aliphatic imine (C=N–C) groups is 1. The highest BCUT2D eigenvalue weighted by Crippen LogP contribution is 2.37. The van der Waals surface area contributed by atoms with Crippen LogP contribution in [0.4, 0.5) is 4.39 Å². The lowest BCUT2D eigenvalue weighted by molar-refractivity contribution is -0.129. The largest absolute Gasteiger partial charge is 0.402 e. The Kier molecular flexibility index (Phi) is 5.38. The molecule has 0 aromatic heterocycles. The van der Waals surface area contributed by atoms with Crippen molar-refractivity contribution in [1.29, 1.82) is 0 Å². The Morgan fingerprint density at radius 3 is 2.36 bits per heavy atom. The Bertz CT molecular complexity index is 905. The Morgan fingerprint density at radius 2 is 1.71 bits per heavy atom. The molecule has 1 heterocycles. The Hall–Kier alpha value is -2.75. The molecule has 1 saturated carbocycles. The van der Waals surface area contributed by atoms with Gasteiger partial charge < -0.3 is 4.74 Å². The van der Waals surface area contributed by atoms with Crippen molar-refractivity contribution in [2.24, 2.45) is 10.9 Å². The summed E-state index contributed by atoms with van der Waals surface area (Å²) in [5.74, 6) is 1.03. The van der Waals surface area contributed by atoms with Gasteiger partial charge in [-0.25, -0.2) is 14.2 Å². The van der Waals surface area contributed by atoms with Crippen LogP contribution in [0.25, 0.3) is 6.08 Å². The fraction of sp³-hybridized carbons (Fsp3) is 0.333. The first-order valence-corrected chi connectivity index (χ1v) is 10.0. The van der Waals surface area contributed by atoms with Gasteiger partial charge in [-0.15, -0.1) is 0 Å². The van der Waals surface area contributed by atoms with Crippen molar-refractivity contribution in [2.45, 2.75) is 44.9 Å². The molecule has 4 heteroatoms. The molecule has 1 aliphatic carbocycles. The van der Waals surface area contributed by atoms with E-state index in [-0.39, 0.29) is 11.5 Å². The quantitative estimate of drug-likeness (QED) is 0.495. The first-order valence-electron chi connectivity index (χ1n) is 10.0. The number of rotatable bonds is 4. The standard InChI is InChI=1S/C24H24FNO2/c1-2-16-3-7-18(8-4-16)19-9-11-20(12-10-19)23-26-22(24(27)28-23)15-17-5-13-21(25)14-6-17/h5-6,9-16,18H,2-4,7-8H2,1H3/b22-15+. The van der Waals surface area contributed by atoms with Gasteiger partial charge in [-0.3, -0.25) is 0 Å². The van der Waals surface area contributed by atoms with Gasteiger partial charge in [0.15, 0.2) is 5.70 Å². The fourth-order valence-electron chi connectivity index (χ4n) is 4.05. The molecule has 2 aromatic carbocycles. The summed E-state index contributed by atoms with van der Waals surface area (Å²) < 4.78 is 18.4. The topological polar surface area (TPSA) is 38.7 Å². The maximum atomic E-state index is 13.0. The van der Waals surface area contributed by atoms with Crippen LogP contribution in [0.15, 0.2) is 59.2 Å². The van der Waals surface area contributed by atoms with E-state index in [4.69, 9.17) is 4.74 Å². The van der Waals surface area contributed by atoms with Crippen LogP contribution in [0.5, 0.6) is 0 Å². The van der Waals surface area contributed by atoms with Crippen LogP contribution in [0.2, 0.25) is 0 Å². The zero-order valence-corrected chi connectivity index (χ0v) is 16.0. The molecule has 4 rings (SSSR count). The van der Waals surface area contributed by atoms with E-state index < -0.39 is 5.97 Å². The smallest absolute Gasteiger partial charge is 0.363 e. The van der Waals surface area contributed by atoms with Crippen LogP contribution in [-0.4, -0.2) is 11.9 Å². The minimum absolute atomic E-state index is 0.226. The Morgan fingerprint density at radius 1 is 1.04 bits per heavy atom. The van der Waals surface area contributed by atoms with Crippen molar-refractivity contribution in [3.63, 3.8) is 0 Å². The van der Waals surface area contributed by atoms with Gasteiger partial charge in [-0.2, -0.15) is 0 Å². The summed E-state index contributed by atoms with van der Waals surface area (Å²) in [5, 5.41) is 0. The third kappa shape index (κ3) is 4.06. The molecule has 3 nitrogen and oxygen atoms in total. The highest BCUT2D eigenvalue weighted by atomic mass is 19.1. The van der Waals surface area contributed by atoms with Crippen LogP contribution in [0.1, 0.15) is 61.6 Å². The Balaban J connectivity index is 1.48. The molecular weight excluding hydrogens is 353 g/mol. The number of carbonyl (C=O) groups is 1. The van der Waals surface area contributed by atoms with Crippen molar-refractivity contribution in [1.82, 2.24) is 0 Å². The van der Waals surface area contributed by atoms with Crippen molar-refractivity contribution >= 4 is 17.9 Å². The van der Waals surface area contributed by atoms with E-state index in [1.807, 2.05) is 12.1 Å². The Labute approximate surface area is 165 Å². The summed E-state index contributed by atoms with van der Waals surface area (Å²) in [6.07, 6.45) is 8.01. The minimum Gasteiger partial charge on any atom is -0.402 e. The van der Waals surface area contributed by atoms with Gasteiger partial charge in [-0.05, 0) is 79.0 Å². The van der Waals surface area contributed by atoms with Crippen LogP contribution >= 0.6 is 0 Å². The van der Waals surface area contributed by atoms with Crippen LogP contribution < -0.4 is 0 Å². The number of halogens is 1. The molecule has 0 N–H and O–H groups in total. The summed E-state index contributed by atoms with van der Waals surface area (Å²) in [6, 6.07) is 14.1. The lowest BCUT2D eigenvalue weighted by Gasteiger charge is -2.28. The van der Waals surface area contributed by atoms with E-state index in [1.54, 1.807) is 18.2 Å². The number of hydrogen-bond acceptors (Lipinski definition) is 3. The molecule has 2 aromatic rings. The summed E-state index contributed by atoms with van der Waals surface area (Å²) >= 11 is 0. The zero-order valence-electron chi connectivity index (χ0n) is 16.0. The maximum absolute atomic E-state index is 13.0. The second-order valence-electron chi connectivity index (χ2n) is 7.64. The van der Waals surface area contributed by atoms with E-state index in [0.29, 0.717) is 17.4 Å². The molecule has 0 bridgehead atoms. The third-order valence-corrected chi connectivity index (χ3v) is 5.85. The van der Waals surface area contributed by atoms with Crippen molar-refractivity contribution in [3.8, 4) is 0 Å². The normalized spacial score (nSPS) is 23.6. The second-order valence-corrected chi connectivity index (χ2v) is 7.64. The van der Waals surface area contributed by atoms with Gasteiger partial charge in [0.1, 0.15) is 5.82 Å². The van der Waals surface area contributed by atoms with E-state index in [9.17, 15) is 9.18 Å². The summed E-state index contributed by atoms with van der Waals surface area (Å²) in [7, 11) is 0. The molecule has 1 aliphatic heterocycles. The monoisotopic (exact) mass is 377 g/mol. The van der Waals surface area contributed by atoms with Crippen molar-refractivity contribution in [3.05, 3.63) is 76.7 Å². The van der Waals surface area contributed by atoms with E-state index >= 15 is 0 Å². The van der Waals surface area contributed by atoms with E-state index in [2.05, 4.69) is 24.0 Å². The number of nitrogens with zero attached hydrogens (tertiary/aromatic N) is 1. The number of hydrogen-bond donors (Lipinski definition) is 0.